The molecular weight excluding hydrogens is 280 g/mol. The van der Waals surface area contributed by atoms with Crippen LogP contribution in [0.3, 0.4) is 0 Å². The molecule has 6 heteroatoms. The number of anilines is 1. The maximum Gasteiger partial charge on any atom is 0.257 e. The van der Waals surface area contributed by atoms with Crippen LogP contribution in [0.25, 0.3) is 0 Å². The topological polar surface area (TPSA) is 71.5 Å². The molecule has 0 saturated heterocycles. The maximum atomic E-state index is 12.1. The van der Waals surface area contributed by atoms with Crippen LogP contribution in [0.4, 0.5) is 5.69 Å². The molecule has 104 valence electrons. The number of nitrogens with one attached hydrogen (secondary N) is 1. The molecule has 0 radical (unpaired) electrons. The molecule has 0 aliphatic rings. The van der Waals surface area contributed by atoms with Crippen LogP contribution in [0.1, 0.15) is 17.3 Å². The van der Waals surface area contributed by atoms with Crippen molar-refractivity contribution >= 4 is 23.2 Å². The van der Waals surface area contributed by atoms with Gasteiger partial charge in [0.25, 0.3) is 5.91 Å². The summed E-state index contributed by atoms with van der Waals surface area (Å²) in [7, 11) is 0. The third-order valence-corrected chi connectivity index (χ3v) is 2.71. The van der Waals surface area contributed by atoms with Crippen molar-refractivity contribution in [3.05, 3.63) is 47.2 Å². The third kappa shape index (κ3) is 3.39. The number of carbonyl (C=O) groups is 1. The van der Waals surface area contributed by atoms with Crippen LogP contribution in [0.5, 0.6) is 11.5 Å². The highest BCUT2D eigenvalue weighted by Gasteiger charge is 2.11. The van der Waals surface area contributed by atoms with E-state index in [0.717, 1.165) is 0 Å². The van der Waals surface area contributed by atoms with Crippen molar-refractivity contribution in [1.29, 1.82) is 0 Å². The van der Waals surface area contributed by atoms with E-state index in [1.807, 2.05) is 6.92 Å². The Bertz CT molecular complexity index is 632. The van der Waals surface area contributed by atoms with E-state index in [9.17, 15) is 9.90 Å². The average molecular weight is 293 g/mol. The molecule has 2 aromatic rings. The van der Waals surface area contributed by atoms with E-state index in [1.165, 1.54) is 18.5 Å². The highest BCUT2D eigenvalue weighted by atomic mass is 35.5. The monoisotopic (exact) mass is 292 g/mol. The zero-order valence-electron chi connectivity index (χ0n) is 10.8. The van der Waals surface area contributed by atoms with Crippen LogP contribution in [0.15, 0.2) is 36.7 Å². The van der Waals surface area contributed by atoms with Crippen molar-refractivity contribution < 1.29 is 14.6 Å². The highest BCUT2D eigenvalue weighted by Crippen LogP contribution is 2.28. The Balaban J connectivity index is 2.25. The predicted molar refractivity (Wildman–Crippen MR) is 76.5 cm³/mol. The normalized spacial score (nSPS) is 10.1. The van der Waals surface area contributed by atoms with Crippen molar-refractivity contribution in [2.24, 2.45) is 0 Å². The van der Waals surface area contributed by atoms with Gasteiger partial charge in [-0.1, -0.05) is 11.6 Å². The van der Waals surface area contributed by atoms with E-state index in [1.54, 1.807) is 18.2 Å². The number of amides is 1. The summed E-state index contributed by atoms with van der Waals surface area (Å²) in [6.07, 6.45) is 2.61. The number of hydrogen-bond donors (Lipinski definition) is 2. The molecular formula is C14H13ClN2O3. The van der Waals surface area contributed by atoms with Crippen LogP contribution in [-0.4, -0.2) is 22.6 Å². The minimum Gasteiger partial charge on any atom is -0.506 e. The lowest BCUT2D eigenvalue weighted by molar-refractivity contribution is 0.102. The molecule has 1 aromatic heterocycles. The van der Waals surface area contributed by atoms with Crippen LogP contribution in [0.2, 0.25) is 5.02 Å². The fourth-order valence-corrected chi connectivity index (χ4v) is 1.80. The summed E-state index contributed by atoms with van der Waals surface area (Å²) in [5.41, 5.74) is 0.708. The van der Waals surface area contributed by atoms with Gasteiger partial charge in [0.1, 0.15) is 11.5 Å². The molecule has 2 N–H and O–H groups in total. The van der Waals surface area contributed by atoms with Crippen molar-refractivity contribution in [2.75, 3.05) is 11.9 Å². The summed E-state index contributed by atoms with van der Waals surface area (Å²) in [5, 5.41) is 12.5. The quantitative estimate of drug-likeness (QED) is 0.908. The van der Waals surface area contributed by atoms with Crippen molar-refractivity contribution in [2.45, 2.75) is 6.92 Å². The second-order valence-electron chi connectivity index (χ2n) is 3.96. The lowest BCUT2D eigenvalue weighted by atomic mass is 10.2. The van der Waals surface area contributed by atoms with Gasteiger partial charge in [-0.2, -0.15) is 0 Å². The molecule has 0 saturated carbocycles. The molecule has 0 spiro atoms. The van der Waals surface area contributed by atoms with Gasteiger partial charge >= 0.3 is 0 Å². The molecule has 0 atom stereocenters. The van der Waals surface area contributed by atoms with Crippen molar-refractivity contribution in [3.63, 3.8) is 0 Å². The zero-order chi connectivity index (χ0) is 14.5. The number of rotatable bonds is 4. The first-order valence-corrected chi connectivity index (χ1v) is 6.35. The standard InChI is InChI=1S/C14H13ClN2O3/c1-2-20-13-4-3-10(15)6-12(13)17-14(19)9-5-11(18)8-16-7-9/h3-8,18H,2H2,1H3,(H,17,19). The van der Waals surface area contributed by atoms with E-state index in [2.05, 4.69) is 10.3 Å². The Labute approximate surface area is 121 Å². The first-order valence-electron chi connectivity index (χ1n) is 5.98. The fraction of sp³-hybridized carbons (Fsp3) is 0.143. The number of hydrogen-bond acceptors (Lipinski definition) is 4. The SMILES string of the molecule is CCOc1ccc(Cl)cc1NC(=O)c1cncc(O)c1. The summed E-state index contributed by atoms with van der Waals surface area (Å²) in [5.74, 6) is 0.0451. The second-order valence-corrected chi connectivity index (χ2v) is 4.40. The Morgan fingerprint density at radius 2 is 2.20 bits per heavy atom. The smallest absolute Gasteiger partial charge is 0.257 e. The van der Waals surface area contributed by atoms with E-state index in [4.69, 9.17) is 16.3 Å². The minimum atomic E-state index is -0.406. The summed E-state index contributed by atoms with van der Waals surface area (Å²) >= 11 is 5.91. The van der Waals surface area contributed by atoms with Gasteiger partial charge in [0, 0.05) is 11.2 Å². The molecule has 0 aliphatic carbocycles. The number of aromatic nitrogens is 1. The number of benzene rings is 1. The molecule has 1 amide bonds. The Morgan fingerprint density at radius 3 is 2.90 bits per heavy atom. The van der Waals surface area contributed by atoms with Gasteiger partial charge in [0.2, 0.25) is 0 Å². The van der Waals surface area contributed by atoms with Gasteiger partial charge < -0.3 is 15.2 Å². The van der Waals surface area contributed by atoms with Crippen LogP contribution in [0, 0.1) is 0 Å². The lowest BCUT2D eigenvalue weighted by Crippen LogP contribution is -2.13. The maximum absolute atomic E-state index is 12.1. The summed E-state index contributed by atoms with van der Waals surface area (Å²) in [6.45, 7) is 2.32. The molecule has 20 heavy (non-hydrogen) atoms. The number of ether oxygens (including phenoxy) is 1. The molecule has 0 bridgehead atoms. The van der Waals surface area contributed by atoms with Crippen LogP contribution in [-0.2, 0) is 0 Å². The fourth-order valence-electron chi connectivity index (χ4n) is 1.63. The molecule has 0 fully saturated rings. The Hall–Kier alpha value is -2.27. The third-order valence-electron chi connectivity index (χ3n) is 2.48. The predicted octanol–water partition coefficient (Wildman–Crippen LogP) is 3.09. The number of carbonyl (C=O) groups excluding carboxylic acids is 1. The number of aromatic hydroxyl groups is 1. The van der Waals surface area contributed by atoms with Gasteiger partial charge in [0.05, 0.1) is 24.1 Å². The first-order chi connectivity index (χ1) is 9.60. The van der Waals surface area contributed by atoms with E-state index < -0.39 is 5.91 Å². The van der Waals surface area contributed by atoms with Gasteiger partial charge in [-0.3, -0.25) is 9.78 Å². The van der Waals surface area contributed by atoms with Gasteiger partial charge in [0.15, 0.2) is 0 Å². The molecule has 0 aliphatic heterocycles. The highest BCUT2D eigenvalue weighted by molar-refractivity contribution is 6.31. The number of nitrogens with zero attached hydrogens (tertiary/aromatic N) is 1. The summed E-state index contributed by atoms with van der Waals surface area (Å²) in [4.78, 5) is 15.8. The van der Waals surface area contributed by atoms with Crippen molar-refractivity contribution in [3.8, 4) is 11.5 Å². The first kappa shape index (κ1) is 14.1. The molecule has 2 rings (SSSR count). The van der Waals surface area contributed by atoms with Crippen LogP contribution < -0.4 is 10.1 Å². The number of pyridine rings is 1. The lowest BCUT2D eigenvalue weighted by Gasteiger charge is -2.11. The molecule has 0 unspecified atom stereocenters. The average Bonchev–Trinajstić information content (AvgIpc) is 2.42. The summed E-state index contributed by atoms with van der Waals surface area (Å²) < 4.78 is 5.41. The van der Waals surface area contributed by atoms with E-state index in [0.29, 0.717) is 23.1 Å². The number of halogens is 1. The van der Waals surface area contributed by atoms with Gasteiger partial charge in [-0.15, -0.1) is 0 Å². The Morgan fingerprint density at radius 1 is 1.40 bits per heavy atom. The van der Waals surface area contributed by atoms with Gasteiger partial charge in [-0.25, -0.2) is 0 Å². The van der Waals surface area contributed by atoms with Crippen LogP contribution >= 0.6 is 11.6 Å². The second kappa shape index (κ2) is 6.25. The molecule has 5 nitrogen and oxygen atoms in total. The molecule has 1 aromatic carbocycles. The Kier molecular flexibility index (Phi) is 4.42. The largest absolute Gasteiger partial charge is 0.506 e. The summed E-state index contributed by atoms with van der Waals surface area (Å²) in [6, 6.07) is 6.29. The van der Waals surface area contributed by atoms with Gasteiger partial charge in [-0.05, 0) is 31.2 Å². The minimum absolute atomic E-state index is 0.0752. The van der Waals surface area contributed by atoms with E-state index in [-0.39, 0.29) is 11.3 Å². The van der Waals surface area contributed by atoms with Crippen molar-refractivity contribution in [1.82, 2.24) is 4.98 Å². The van der Waals surface area contributed by atoms with E-state index >= 15 is 0 Å². The zero-order valence-corrected chi connectivity index (χ0v) is 11.5. The molecule has 1 heterocycles.